The summed E-state index contributed by atoms with van der Waals surface area (Å²) in [6.45, 7) is 2.04. The molecule has 6 nitrogen and oxygen atoms in total. The fourth-order valence-corrected chi connectivity index (χ4v) is 5.01. The second kappa shape index (κ2) is 8.33. The van der Waals surface area contributed by atoms with Crippen LogP contribution in [0.3, 0.4) is 0 Å². The van der Waals surface area contributed by atoms with Crippen LogP contribution in [0, 0.1) is 6.92 Å². The minimum Gasteiger partial charge on any atom is -0.240 e. The van der Waals surface area contributed by atoms with Crippen molar-refractivity contribution in [2.24, 2.45) is 5.10 Å². The highest BCUT2D eigenvalue weighted by molar-refractivity contribution is 7.88. The monoisotopic (exact) mass is 456 g/mol. The lowest BCUT2D eigenvalue weighted by Crippen LogP contribution is -2.26. The van der Waals surface area contributed by atoms with Crippen molar-refractivity contribution in [1.82, 2.24) is 14.2 Å². The molecule has 33 heavy (non-hydrogen) atoms. The van der Waals surface area contributed by atoms with E-state index in [2.05, 4.69) is 5.10 Å². The van der Waals surface area contributed by atoms with E-state index in [9.17, 15) is 8.42 Å². The molecule has 0 saturated carbocycles. The van der Waals surface area contributed by atoms with Crippen molar-refractivity contribution in [2.45, 2.75) is 19.4 Å². The van der Waals surface area contributed by atoms with Crippen molar-refractivity contribution in [1.29, 1.82) is 0 Å². The van der Waals surface area contributed by atoms with Crippen molar-refractivity contribution in [3.8, 4) is 16.9 Å². The molecule has 0 aliphatic carbocycles. The van der Waals surface area contributed by atoms with Crippen LogP contribution >= 0.6 is 0 Å². The molecule has 5 rings (SSSR count). The first kappa shape index (κ1) is 21.2. The van der Waals surface area contributed by atoms with Gasteiger partial charge in [0.2, 0.25) is 10.0 Å². The molecule has 4 aromatic rings. The highest BCUT2D eigenvalue weighted by atomic mass is 32.2. The predicted octanol–water partition coefficient (Wildman–Crippen LogP) is 4.96. The van der Waals surface area contributed by atoms with Crippen LogP contribution in [0.15, 0.2) is 96.2 Å². The Balaban J connectivity index is 1.65. The number of hydrogen-bond acceptors (Lipinski definition) is 4. The van der Waals surface area contributed by atoms with Gasteiger partial charge >= 0.3 is 0 Å². The van der Waals surface area contributed by atoms with E-state index in [4.69, 9.17) is 5.10 Å². The molecule has 0 N–H and O–H groups in total. The lowest BCUT2D eigenvalue weighted by Gasteiger charge is -2.21. The average molecular weight is 457 g/mol. The summed E-state index contributed by atoms with van der Waals surface area (Å²) in [4.78, 5) is 0. The van der Waals surface area contributed by atoms with Crippen molar-refractivity contribution in [3.63, 3.8) is 0 Å². The SMILES string of the molecule is Cc1ccc(-c2nn(-c3ccccc3)cc2C2CC(c3ccccc3)=NN2S(C)(=O)=O)cc1. The maximum absolute atomic E-state index is 12.8. The third-order valence-corrected chi connectivity index (χ3v) is 6.78. The van der Waals surface area contributed by atoms with Crippen molar-refractivity contribution >= 4 is 15.7 Å². The van der Waals surface area contributed by atoms with E-state index in [1.54, 1.807) is 0 Å². The highest BCUT2D eigenvalue weighted by Crippen LogP contribution is 2.39. The van der Waals surface area contributed by atoms with E-state index in [-0.39, 0.29) is 0 Å². The van der Waals surface area contributed by atoms with Crippen LogP contribution < -0.4 is 0 Å². The fraction of sp³-hybridized carbons (Fsp3) is 0.154. The van der Waals surface area contributed by atoms with Crippen LogP contribution in [0.4, 0.5) is 0 Å². The van der Waals surface area contributed by atoms with E-state index in [0.29, 0.717) is 6.42 Å². The lowest BCUT2D eigenvalue weighted by atomic mass is 9.97. The molecule has 166 valence electrons. The van der Waals surface area contributed by atoms with Crippen LogP contribution in [0.1, 0.15) is 29.2 Å². The van der Waals surface area contributed by atoms with Crippen molar-refractivity contribution in [2.75, 3.05) is 6.26 Å². The van der Waals surface area contributed by atoms with E-state index >= 15 is 0 Å². The molecule has 1 atom stereocenters. The molecule has 3 aromatic carbocycles. The van der Waals surface area contributed by atoms with Gasteiger partial charge in [0.25, 0.3) is 0 Å². The van der Waals surface area contributed by atoms with Crippen LogP contribution in [0.5, 0.6) is 0 Å². The molecule has 0 spiro atoms. The van der Waals surface area contributed by atoms with Gasteiger partial charge < -0.3 is 0 Å². The van der Waals surface area contributed by atoms with E-state index < -0.39 is 16.1 Å². The Morgan fingerprint density at radius 1 is 0.848 bits per heavy atom. The van der Waals surface area contributed by atoms with Crippen LogP contribution in [-0.2, 0) is 10.0 Å². The molecule has 1 aromatic heterocycles. The molecular formula is C26H24N4O2S. The Bertz CT molecular complexity index is 1410. The molecule has 0 fully saturated rings. The summed E-state index contributed by atoms with van der Waals surface area (Å²) >= 11 is 0. The van der Waals surface area contributed by atoms with Crippen LogP contribution in [-0.4, -0.2) is 34.6 Å². The molecule has 1 aliphatic heterocycles. The Morgan fingerprint density at radius 3 is 2.12 bits per heavy atom. The smallest absolute Gasteiger partial charge is 0.240 e. The van der Waals surface area contributed by atoms with Gasteiger partial charge in [-0.15, -0.1) is 0 Å². The Morgan fingerprint density at radius 2 is 1.48 bits per heavy atom. The normalized spacial score (nSPS) is 16.1. The first-order chi connectivity index (χ1) is 15.9. The summed E-state index contributed by atoms with van der Waals surface area (Å²) < 4.78 is 28.6. The number of hydrazone groups is 1. The van der Waals surface area contributed by atoms with E-state index in [1.807, 2.05) is 103 Å². The number of nitrogens with zero attached hydrogens (tertiary/aromatic N) is 4. The van der Waals surface area contributed by atoms with Crippen LogP contribution in [0.25, 0.3) is 16.9 Å². The Labute approximate surface area is 193 Å². The number of aromatic nitrogens is 2. The van der Waals surface area contributed by atoms with Gasteiger partial charge in [-0.1, -0.05) is 78.4 Å². The molecule has 1 unspecified atom stereocenters. The lowest BCUT2D eigenvalue weighted by molar-refractivity contribution is 0.375. The van der Waals surface area contributed by atoms with Gasteiger partial charge in [0.15, 0.2) is 0 Å². The van der Waals surface area contributed by atoms with E-state index in [1.165, 1.54) is 10.7 Å². The molecule has 1 aliphatic rings. The molecule has 0 radical (unpaired) electrons. The second-order valence-corrected chi connectivity index (χ2v) is 10.1. The Kier molecular flexibility index (Phi) is 5.34. The number of rotatable bonds is 5. The standard InChI is InChI=1S/C26H24N4O2S/c1-19-13-15-21(16-14-19)26-23(18-29(28-26)22-11-7-4-8-12-22)25-17-24(20-9-5-3-6-10-20)27-30(25)33(2,31)32/h3-16,18,25H,17H2,1-2H3. The Hall–Kier alpha value is -3.71. The third kappa shape index (κ3) is 4.19. The zero-order valence-electron chi connectivity index (χ0n) is 18.5. The minimum atomic E-state index is -3.59. The zero-order chi connectivity index (χ0) is 23.0. The summed E-state index contributed by atoms with van der Waals surface area (Å²) in [5.74, 6) is 0. The highest BCUT2D eigenvalue weighted by Gasteiger charge is 2.37. The molecule has 0 amide bonds. The first-order valence-corrected chi connectivity index (χ1v) is 12.6. The predicted molar refractivity (Wildman–Crippen MR) is 131 cm³/mol. The second-order valence-electron chi connectivity index (χ2n) is 8.25. The van der Waals surface area contributed by atoms with Gasteiger partial charge in [-0.05, 0) is 24.6 Å². The van der Waals surface area contributed by atoms with Gasteiger partial charge in [0, 0.05) is 23.7 Å². The third-order valence-electron chi connectivity index (χ3n) is 5.77. The van der Waals surface area contributed by atoms with Crippen LogP contribution in [0.2, 0.25) is 0 Å². The average Bonchev–Trinajstić information content (AvgIpc) is 3.46. The molecule has 0 bridgehead atoms. The number of sulfonamides is 1. The maximum Gasteiger partial charge on any atom is 0.247 e. The summed E-state index contributed by atoms with van der Waals surface area (Å²) in [6.07, 6.45) is 3.60. The summed E-state index contributed by atoms with van der Waals surface area (Å²) in [5.41, 5.74) is 6.23. The van der Waals surface area contributed by atoms with Gasteiger partial charge in [-0.3, -0.25) is 0 Å². The van der Waals surface area contributed by atoms with Gasteiger partial charge in [-0.25, -0.2) is 13.1 Å². The largest absolute Gasteiger partial charge is 0.247 e. The maximum atomic E-state index is 12.8. The zero-order valence-corrected chi connectivity index (χ0v) is 19.3. The number of para-hydroxylation sites is 1. The van der Waals surface area contributed by atoms with E-state index in [0.717, 1.165) is 39.3 Å². The number of aryl methyl sites for hydroxylation is 1. The first-order valence-electron chi connectivity index (χ1n) is 10.7. The van der Waals surface area contributed by atoms with Crippen molar-refractivity contribution < 1.29 is 8.42 Å². The topological polar surface area (TPSA) is 67.6 Å². The van der Waals surface area contributed by atoms with Crippen molar-refractivity contribution in [3.05, 3.63) is 108 Å². The quantitative estimate of drug-likeness (QED) is 0.426. The summed E-state index contributed by atoms with van der Waals surface area (Å²) in [6, 6.07) is 27.2. The minimum absolute atomic E-state index is 0.469. The molecule has 0 saturated heterocycles. The number of hydrogen-bond donors (Lipinski definition) is 0. The summed E-state index contributed by atoms with van der Waals surface area (Å²) in [5, 5.41) is 9.43. The van der Waals surface area contributed by atoms with Gasteiger partial charge in [0.1, 0.15) is 0 Å². The molecular weight excluding hydrogens is 432 g/mol. The number of benzene rings is 3. The van der Waals surface area contributed by atoms with Gasteiger partial charge in [-0.2, -0.15) is 14.6 Å². The fourth-order valence-electron chi connectivity index (χ4n) is 4.11. The molecule has 7 heteroatoms. The van der Waals surface area contributed by atoms with Gasteiger partial charge in [0.05, 0.1) is 29.4 Å². The molecule has 2 heterocycles. The summed E-state index contributed by atoms with van der Waals surface area (Å²) in [7, 11) is -3.59.